The fraction of sp³-hybridized carbons (Fsp3) is 0.208. The number of carbonyl (C=O) groups is 1. The molecule has 0 radical (unpaired) electrons. The van der Waals surface area contributed by atoms with Gasteiger partial charge in [-0.3, -0.25) is 9.52 Å². The highest BCUT2D eigenvalue weighted by atomic mass is 32.2. The Balaban J connectivity index is 1.46. The quantitative estimate of drug-likeness (QED) is 0.576. The average Bonchev–Trinajstić information content (AvgIpc) is 3.04. The zero-order valence-electron chi connectivity index (χ0n) is 17.6. The van der Waals surface area contributed by atoms with E-state index in [4.69, 9.17) is 9.47 Å². The number of carbonyl (C=O) groups excluding carboxylic acids is 1. The lowest BCUT2D eigenvalue weighted by molar-refractivity contribution is 0.102. The van der Waals surface area contributed by atoms with Gasteiger partial charge in [0, 0.05) is 29.4 Å². The Morgan fingerprint density at radius 1 is 0.906 bits per heavy atom. The average molecular weight is 453 g/mol. The fourth-order valence-electron chi connectivity index (χ4n) is 3.29. The highest BCUT2D eigenvalue weighted by Gasteiger charge is 2.19. The van der Waals surface area contributed by atoms with E-state index in [1.165, 1.54) is 12.1 Å². The topological polar surface area (TPSA) is 93.7 Å². The van der Waals surface area contributed by atoms with E-state index >= 15 is 0 Å². The molecule has 8 heteroatoms. The van der Waals surface area contributed by atoms with Gasteiger partial charge in [0.1, 0.15) is 0 Å². The van der Waals surface area contributed by atoms with Crippen molar-refractivity contribution in [2.75, 3.05) is 23.3 Å². The van der Waals surface area contributed by atoms with Crippen molar-refractivity contribution >= 4 is 27.3 Å². The lowest BCUT2D eigenvalue weighted by Crippen LogP contribution is -2.14. The van der Waals surface area contributed by atoms with Crippen molar-refractivity contribution in [1.29, 1.82) is 0 Å². The highest BCUT2D eigenvalue weighted by Crippen LogP contribution is 2.32. The predicted molar refractivity (Wildman–Crippen MR) is 123 cm³/mol. The number of aryl methyl sites for hydroxylation is 1. The van der Waals surface area contributed by atoms with Crippen LogP contribution in [0.4, 0.5) is 11.4 Å². The molecule has 0 fully saturated rings. The monoisotopic (exact) mass is 452 g/mol. The molecule has 4 rings (SSSR count). The van der Waals surface area contributed by atoms with Gasteiger partial charge in [-0.1, -0.05) is 19.1 Å². The number of amides is 1. The Hall–Kier alpha value is -3.52. The molecular formula is C24H24N2O5S. The molecule has 1 aliphatic heterocycles. The third kappa shape index (κ3) is 5.03. The first-order chi connectivity index (χ1) is 15.4. The molecule has 2 N–H and O–H groups in total. The predicted octanol–water partition coefficient (Wildman–Crippen LogP) is 4.46. The SMILES string of the molecule is CCc1cccc(NC(=O)c2ccc(NS(=O)(=O)c3ccc4c(c3)OCCCO4)cc2)c1. The normalized spacial score (nSPS) is 13.2. The minimum Gasteiger partial charge on any atom is -0.490 e. The third-order valence-corrected chi connectivity index (χ3v) is 6.40. The molecule has 0 saturated carbocycles. The Labute approximate surface area is 187 Å². The van der Waals surface area contributed by atoms with Crippen molar-refractivity contribution < 1.29 is 22.7 Å². The second kappa shape index (κ2) is 9.32. The van der Waals surface area contributed by atoms with Crippen LogP contribution in [0.2, 0.25) is 0 Å². The van der Waals surface area contributed by atoms with Crippen molar-refractivity contribution in [3.63, 3.8) is 0 Å². The van der Waals surface area contributed by atoms with Crippen LogP contribution in [0.15, 0.2) is 71.6 Å². The van der Waals surface area contributed by atoms with Crippen LogP contribution in [0, 0.1) is 0 Å². The molecule has 166 valence electrons. The van der Waals surface area contributed by atoms with Crippen LogP contribution in [-0.2, 0) is 16.4 Å². The molecule has 0 atom stereocenters. The maximum absolute atomic E-state index is 12.8. The zero-order chi connectivity index (χ0) is 22.6. The van der Waals surface area contributed by atoms with Gasteiger partial charge in [-0.05, 0) is 60.5 Å². The molecule has 7 nitrogen and oxygen atoms in total. The van der Waals surface area contributed by atoms with Crippen molar-refractivity contribution in [1.82, 2.24) is 0 Å². The van der Waals surface area contributed by atoms with E-state index in [-0.39, 0.29) is 10.8 Å². The molecule has 0 bridgehead atoms. The van der Waals surface area contributed by atoms with Gasteiger partial charge < -0.3 is 14.8 Å². The van der Waals surface area contributed by atoms with Crippen LogP contribution in [0.5, 0.6) is 11.5 Å². The van der Waals surface area contributed by atoms with E-state index in [2.05, 4.69) is 10.0 Å². The number of hydrogen-bond acceptors (Lipinski definition) is 5. The molecule has 1 aliphatic rings. The number of fused-ring (bicyclic) bond motifs is 1. The Morgan fingerprint density at radius 2 is 1.66 bits per heavy atom. The molecule has 0 spiro atoms. The number of rotatable bonds is 6. The Kier molecular flexibility index (Phi) is 6.32. The standard InChI is InChI=1S/C24H24N2O5S/c1-2-17-5-3-6-20(15-17)25-24(27)18-7-9-19(10-8-18)26-32(28,29)21-11-12-22-23(16-21)31-14-4-13-30-22/h3,5-12,15-16,26H,2,4,13-14H2,1H3,(H,25,27). The van der Waals surface area contributed by atoms with Crippen LogP contribution >= 0.6 is 0 Å². The molecule has 0 aliphatic carbocycles. The van der Waals surface area contributed by atoms with Crippen LogP contribution in [0.1, 0.15) is 29.3 Å². The van der Waals surface area contributed by atoms with Gasteiger partial charge in [0.05, 0.1) is 18.1 Å². The summed E-state index contributed by atoms with van der Waals surface area (Å²) in [6, 6.07) is 18.4. The van der Waals surface area contributed by atoms with Gasteiger partial charge in [-0.15, -0.1) is 0 Å². The summed E-state index contributed by atoms with van der Waals surface area (Å²) in [6.07, 6.45) is 1.61. The minimum absolute atomic E-state index is 0.0689. The van der Waals surface area contributed by atoms with Gasteiger partial charge in [0.25, 0.3) is 15.9 Å². The maximum Gasteiger partial charge on any atom is 0.262 e. The highest BCUT2D eigenvalue weighted by molar-refractivity contribution is 7.92. The molecule has 0 aromatic heterocycles. The van der Waals surface area contributed by atoms with E-state index in [1.54, 1.807) is 30.3 Å². The lowest BCUT2D eigenvalue weighted by Gasteiger charge is -2.12. The van der Waals surface area contributed by atoms with Crippen molar-refractivity contribution in [3.8, 4) is 11.5 Å². The van der Waals surface area contributed by atoms with Crippen molar-refractivity contribution in [2.24, 2.45) is 0 Å². The van der Waals surface area contributed by atoms with E-state index < -0.39 is 10.0 Å². The molecule has 3 aromatic rings. The van der Waals surface area contributed by atoms with Gasteiger partial charge >= 0.3 is 0 Å². The van der Waals surface area contributed by atoms with Crippen molar-refractivity contribution in [3.05, 3.63) is 77.9 Å². The first kappa shape index (κ1) is 21.7. The first-order valence-electron chi connectivity index (χ1n) is 10.4. The molecule has 3 aromatic carbocycles. The molecule has 0 unspecified atom stereocenters. The minimum atomic E-state index is -3.83. The third-order valence-electron chi connectivity index (χ3n) is 5.02. The summed E-state index contributed by atoms with van der Waals surface area (Å²) < 4.78 is 39.3. The van der Waals surface area contributed by atoms with Gasteiger partial charge in [-0.25, -0.2) is 8.42 Å². The lowest BCUT2D eigenvalue weighted by atomic mass is 10.1. The Morgan fingerprint density at radius 3 is 2.41 bits per heavy atom. The molecular weight excluding hydrogens is 428 g/mol. The summed E-state index contributed by atoms with van der Waals surface area (Å²) in [6.45, 7) is 3.05. The first-order valence-corrected chi connectivity index (χ1v) is 11.9. The molecule has 32 heavy (non-hydrogen) atoms. The van der Waals surface area contributed by atoms with E-state index in [1.807, 2.05) is 31.2 Å². The summed E-state index contributed by atoms with van der Waals surface area (Å²) in [5, 5.41) is 2.86. The van der Waals surface area contributed by atoms with E-state index in [0.29, 0.717) is 41.7 Å². The van der Waals surface area contributed by atoms with Gasteiger partial charge in [-0.2, -0.15) is 0 Å². The summed E-state index contributed by atoms with van der Waals surface area (Å²) in [7, 11) is -3.83. The summed E-state index contributed by atoms with van der Waals surface area (Å²) in [5.74, 6) is 0.668. The molecule has 0 saturated heterocycles. The van der Waals surface area contributed by atoms with Gasteiger partial charge in [0.2, 0.25) is 0 Å². The maximum atomic E-state index is 12.8. The van der Waals surface area contributed by atoms with Crippen molar-refractivity contribution in [2.45, 2.75) is 24.7 Å². The number of anilines is 2. The number of nitrogens with one attached hydrogen (secondary N) is 2. The largest absolute Gasteiger partial charge is 0.490 e. The molecule has 1 heterocycles. The zero-order valence-corrected chi connectivity index (χ0v) is 18.4. The summed E-state index contributed by atoms with van der Waals surface area (Å²) in [4.78, 5) is 12.6. The van der Waals surface area contributed by atoms with E-state index in [9.17, 15) is 13.2 Å². The number of hydrogen-bond donors (Lipinski definition) is 2. The second-order valence-electron chi connectivity index (χ2n) is 7.35. The summed E-state index contributed by atoms with van der Waals surface area (Å²) in [5.41, 5.74) is 2.61. The fourth-order valence-corrected chi connectivity index (χ4v) is 4.36. The van der Waals surface area contributed by atoms with Crippen LogP contribution in [-0.4, -0.2) is 27.5 Å². The number of sulfonamides is 1. The number of ether oxygens (including phenoxy) is 2. The Bertz CT molecular complexity index is 1220. The van der Waals surface area contributed by atoms with E-state index in [0.717, 1.165) is 18.4 Å². The van der Waals surface area contributed by atoms with Crippen LogP contribution in [0.3, 0.4) is 0 Å². The molecule has 1 amide bonds. The van der Waals surface area contributed by atoms with Gasteiger partial charge in [0.15, 0.2) is 11.5 Å². The smallest absolute Gasteiger partial charge is 0.262 e. The summed E-state index contributed by atoms with van der Waals surface area (Å²) >= 11 is 0. The second-order valence-corrected chi connectivity index (χ2v) is 9.03. The van der Waals surface area contributed by atoms with Crippen LogP contribution in [0.25, 0.3) is 0 Å². The van der Waals surface area contributed by atoms with Crippen LogP contribution < -0.4 is 19.5 Å². The number of benzene rings is 3.